The van der Waals surface area contributed by atoms with Gasteiger partial charge in [-0.15, -0.1) is 0 Å². The third kappa shape index (κ3) is 2.93. The highest BCUT2D eigenvalue weighted by Crippen LogP contribution is 2.39. The molecule has 20 heavy (non-hydrogen) atoms. The lowest BCUT2D eigenvalue weighted by molar-refractivity contribution is 0.188. The van der Waals surface area contributed by atoms with Gasteiger partial charge in [-0.2, -0.15) is 0 Å². The number of hydrogen-bond acceptors (Lipinski definition) is 1. The van der Waals surface area contributed by atoms with Gasteiger partial charge in [0.25, 0.3) is 0 Å². The normalized spacial score (nSPS) is 33.7. The monoisotopic (exact) mass is 271 g/mol. The number of nitrogens with one attached hydrogen (secondary N) is 1. The molecule has 0 saturated heterocycles. The molecule has 2 aliphatic rings. The second-order valence-corrected chi connectivity index (χ2v) is 6.95. The summed E-state index contributed by atoms with van der Waals surface area (Å²) in [6.07, 6.45) is 9.78. The van der Waals surface area contributed by atoms with Crippen LogP contribution in [-0.4, -0.2) is 12.1 Å². The van der Waals surface area contributed by atoms with Crippen LogP contribution in [-0.2, 0) is 0 Å². The van der Waals surface area contributed by atoms with Crippen molar-refractivity contribution < 1.29 is 0 Å². The summed E-state index contributed by atoms with van der Waals surface area (Å²) in [5.74, 6) is 1.73. The molecule has 1 nitrogen and oxygen atoms in total. The Bertz CT molecular complexity index is 433. The SMILES string of the molecule is CCC1CCCCC1NC1CC(c2ccccc2C)C1. The Kier molecular flexibility index (Phi) is 4.45. The van der Waals surface area contributed by atoms with E-state index in [1.165, 1.54) is 50.5 Å². The lowest BCUT2D eigenvalue weighted by Crippen LogP contribution is -2.49. The molecule has 0 spiro atoms. The summed E-state index contributed by atoms with van der Waals surface area (Å²) in [5.41, 5.74) is 3.06. The summed E-state index contributed by atoms with van der Waals surface area (Å²) in [6.45, 7) is 4.62. The first-order valence-electron chi connectivity index (χ1n) is 8.59. The maximum atomic E-state index is 3.98. The number of hydrogen-bond donors (Lipinski definition) is 1. The number of aryl methyl sites for hydroxylation is 1. The third-order valence-electron chi connectivity index (χ3n) is 5.65. The molecular formula is C19H29N. The van der Waals surface area contributed by atoms with Crippen molar-refractivity contribution in [2.75, 3.05) is 0 Å². The Morgan fingerprint density at radius 1 is 1.10 bits per heavy atom. The maximum Gasteiger partial charge on any atom is 0.00978 e. The summed E-state index contributed by atoms with van der Waals surface area (Å²) >= 11 is 0. The third-order valence-corrected chi connectivity index (χ3v) is 5.65. The zero-order valence-corrected chi connectivity index (χ0v) is 13.1. The fourth-order valence-electron chi connectivity index (χ4n) is 4.27. The number of benzene rings is 1. The average molecular weight is 271 g/mol. The lowest BCUT2D eigenvalue weighted by Gasteiger charge is -2.42. The molecule has 1 aromatic rings. The molecule has 0 bridgehead atoms. The summed E-state index contributed by atoms with van der Waals surface area (Å²) < 4.78 is 0. The van der Waals surface area contributed by atoms with E-state index in [-0.39, 0.29) is 0 Å². The van der Waals surface area contributed by atoms with Gasteiger partial charge >= 0.3 is 0 Å². The fourth-order valence-corrected chi connectivity index (χ4v) is 4.27. The molecule has 0 radical (unpaired) electrons. The van der Waals surface area contributed by atoms with E-state index in [9.17, 15) is 0 Å². The van der Waals surface area contributed by atoms with Crippen LogP contribution in [0.25, 0.3) is 0 Å². The maximum absolute atomic E-state index is 3.98. The van der Waals surface area contributed by atoms with E-state index in [1.54, 1.807) is 5.56 Å². The molecule has 1 heteroatoms. The molecule has 2 fully saturated rings. The van der Waals surface area contributed by atoms with Crippen molar-refractivity contribution in [3.8, 4) is 0 Å². The van der Waals surface area contributed by atoms with Gasteiger partial charge in [0.2, 0.25) is 0 Å². The van der Waals surface area contributed by atoms with E-state index in [1.807, 2.05) is 0 Å². The van der Waals surface area contributed by atoms with Gasteiger partial charge in [-0.3, -0.25) is 0 Å². The van der Waals surface area contributed by atoms with Gasteiger partial charge in [0, 0.05) is 12.1 Å². The largest absolute Gasteiger partial charge is 0.311 e. The zero-order chi connectivity index (χ0) is 13.9. The number of rotatable bonds is 4. The standard InChI is InChI=1S/C19H29N/c1-3-15-9-5-7-11-19(15)20-17-12-16(13-17)18-10-6-4-8-14(18)2/h4,6,8,10,15-17,19-20H,3,5,7,9,11-13H2,1-2H3. The van der Waals surface area contributed by atoms with Crippen molar-refractivity contribution in [3.05, 3.63) is 35.4 Å². The van der Waals surface area contributed by atoms with Crippen LogP contribution in [0.4, 0.5) is 0 Å². The molecule has 2 unspecified atom stereocenters. The van der Waals surface area contributed by atoms with Crippen LogP contribution in [0.3, 0.4) is 0 Å². The predicted octanol–water partition coefficient (Wildman–Crippen LogP) is 4.80. The molecule has 1 aromatic carbocycles. The fraction of sp³-hybridized carbons (Fsp3) is 0.684. The minimum Gasteiger partial charge on any atom is -0.311 e. The van der Waals surface area contributed by atoms with Gasteiger partial charge in [-0.1, -0.05) is 50.5 Å². The Balaban J connectivity index is 1.52. The molecule has 0 aromatic heterocycles. The van der Waals surface area contributed by atoms with Gasteiger partial charge in [0.15, 0.2) is 0 Å². The average Bonchev–Trinajstić information content (AvgIpc) is 2.44. The molecule has 2 saturated carbocycles. The van der Waals surface area contributed by atoms with Crippen LogP contribution in [0.15, 0.2) is 24.3 Å². The van der Waals surface area contributed by atoms with E-state index in [0.29, 0.717) is 0 Å². The Hall–Kier alpha value is -0.820. The van der Waals surface area contributed by atoms with Crippen LogP contribution in [0.2, 0.25) is 0 Å². The topological polar surface area (TPSA) is 12.0 Å². The van der Waals surface area contributed by atoms with Gasteiger partial charge in [0.05, 0.1) is 0 Å². The molecule has 0 aliphatic heterocycles. The first-order chi connectivity index (χ1) is 9.78. The van der Waals surface area contributed by atoms with Gasteiger partial charge in [-0.25, -0.2) is 0 Å². The van der Waals surface area contributed by atoms with Crippen LogP contribution in [0.1, 0.15) is 68.9 Å². The van der Waals surface area contributed by atoms with Crippen molar-refractivity contribution in [3.63, 3.8) is 0 Å². The quantitative estimate of drug-likeness (QED) is 0.829. The van der Waals surface area contributed by atoms with Gasteiger partial charge < -0.3 is 5.32 Å². The highest BCUT2D eigenvalue weighted by atomic mass is 15.0. The highest BCUT2D eigenvalue weighted by molar-refractivity contribution is 5.31. The summed E-state index contributed by atoms with van der Waals surface area (Å²) in [6, 6.07) is 10.5. The molecule has 2 atom stereocenters. The van der Waals surface area contributed by atoms with Gasteiger partial charge in [0.1, 0.15) is 0 Å². The summed E-state index contributed by atoms with van der Waals surface area (Å²) in [4.78, 5) is 0. The van der Waals surface area contributed by atoms with E-state index >= 15 is 0 Å². The van der Waals surface area contributed by atoms with Crippen LogP contribution in [0.5, 0.6) is 0 Å². The highest BCUT2D eigenvalue weighted by Gasteiger charge is 2.34. The van der Waals surface area contributed by atoms with Crippen molar-refractivity contribution >= 4 is 0 Å². The van der Waals surface area contributed by atoms with Gasteiger partial charge in [-0.05, 0) is 55.6 Å². The lowest BCUT2D eigenvalue weighted by atomic mass is 9.73. The predicted molar refractivity (Wildman–Crippen MR) is 86.1 cm³/mol. The summed E-state index contributed by atoms with van der Waals surface area (Å²) in [5, 5.41) is 3.98. The first kappa shape index (κ1) is 14.1. The molecule has 110 valence electrons. The van der Waals surface area contributed by atoms with Crippen molar-refractivity contribution in [2.45, 2.75) is 76.8 Å². The molecule has 0 heterocycles. The molecule has 3 rings (SSSR count). The van der Waals surface area contributed by atoms with Crippen LogP contribution >= 0.6 is 0 Å². The van der Waals surface area contributed by atoms with Crippen LogP contribution in [0, 0.1) is 12.8 Å². The van der Waals surface area contributed by atoms with Crippen molar-refractivity contribution in [1.82, 2.24) is 5.32 Å². The Morgan fingerprint density at radius 2 is 1.85 bits per heavy atom. The van der Waals surface area contributed by atoms with E-state index < -0.39 is 0 Å². The molecule has 0 amide bonds. The molecule has 2 aliphatic carbocycles. The van der Waals surface area contributed by atoms with E-state index in [2.05, 4.69) is 43.4 Å². The Labute approximate surface area is 124 Å². The molecule has 1 N–H and O–H groups in total. The van der Waals surface area contributed by atoms with E-state index in [4.69, 9.17) is 0 Å². The Morgan fingerprint density at radius 3 is 2.60 bits per heavy atom. The second-order valence-electron chi connectivity index (χ2n) is 6.95. The minimum absolute atomic E-state index is 0.775. The van der Waals surface area contributed by atoms with Crippen LogP contribution < -0.4 is 5.32 Å². The van der Waals surface area contributed by atoms with E-state index in [0.717, 1.165) is 23.9 Å². The zero-order valence-electron chi connectivity index (χ0n) is 13.1. The second kappa shape index (κ2) is 6.30. The van der Waals surface area contributed by atoms with Crippen molar-refractivity contribution in [2.24, 2.45) is 5.92 Å². The first-order valence-corrected chi connectivity index (χ1v) is 8.59. The van der Waals surface area contributed by atoms with Crippen molar-refractivity contribution in [1.29, 1.82) is 0 Å². The minimum atomic E-state index is 0.775. The smallest absolute Gasteiger partial charge is 0.00978 e. The summed E-state index contributed by atoms with van der Waals surface area (Å²) in [7, 11) is 0. The molecular weight excluding hydrogens is 242 g/mol.